The zero-order valence-corrected chi connectivity index (χ0v) is 12.5. The normalized spacial score (nSPS) is 20.9. The predicted molar refractivity (Wildman–Crippen MR) is 80.5 cm³/mol. The first-order chi connectivity index (χ1) is 10.7. The van der Waals surface area contributed by atoms with E-state index in [1.165, 1.54) is 6.07 Å². The molecular formula is C16H21FN4O. The second kappa shape index (κ2) is 6.98. The molecule has 1 N–H and O–H groups in total. The Bertz CT molecular complexity index is 590. The summed E-state index contributed by atoms with van der Waals surface area (Å²) < 4.78 is 15.6. The Hall–Kier alpha value is -1.79. The highest BCUT2D eigenvalue weighted by molar-refractivity contribution is 5.20. The summed E-state index contributed by atoms with van der Waals surface area (Å²) in [6.07, 6.45) is 4.72. The van der Waals surface area contributed by atoms with Crippen LogP contribution in [0.1, 0.15) is 24.5 Å². The number of hydrogen-bond acceptors (Lipinski definition) is 4. The van der Waals surface area contributed by atoms with Crippen LogP contribution in [0.25, 0.3) is 0 Å². The molecule has 0 amide bonds. The van der Waals surface area contributed by atoms with Gasteiger partial charge in [-0.1, -0.05) is 18.2 Å². The summed E-state index contributed by atoms with van der Waals surface area (Å²) in [5.74, 6) is 0.148. The van der Waals surface area contributed by atoms with Gasteiger partial charge in [-0.25, -0.2) is 9.37 Å². The number of benzene rings is 1. The minimum atomic E-state index is -0.786. The first kappa shape index (κ1) is 15.1. The molecule has 3 rings (SSSR count). The number of halogens is 1. The minimum absolute atomic E-state index is 0.342. The van der Waals surface area contributed by atoms with Crippen molar-refractivity contribution < 1.29 is 9.50 Å². The summed E-state index contributed by atoms with van der Waals surface area (Å²) in [5.41, 5.74) is 0.376. The van der Waals surface area contributed by atoms with E-state index in [2.05, 4.69) is 15.0 Å². The molecule has 0 spiro atoms. The van der Waals surface area contributed by atoms with Crippen molar-refractivity contribution in [2.45, 2.75) is 25.5 Å². The number of hydrogen-bond donors (Lipinski definition) is 1. The van der Waals surface area contributed by atoms with Crippen LogP contribution in [-0.4, -0.2) is 44.4 Å². The highest BCUT2D eigenvalue weighted by Crippen LogP contribution is 2.22. The summed E-state index contributed by atoms with van der Waals surface area (Å²) in [6.45, 7) is 3.14. The maximum atomic E-state index is 13.7. The molecule has 1 aromatic carbocycles. The number of aliphatic hydroxyl groups is 1. The molecule has 1 aliphatic heterocycles. The van der Waals surface area contributed by atoms with Crippen LogP contribution >= 0.6 is 0 Å². The summed E-state index contributed by atoms with van der Waals surface area (Å²) in [4.78, 5) is 6.17. The molecule has 2 heterocycles. The van der Waals surface area contributed by atoms with Crippen LogP contribution in [0, 0.1) is 11.7 Å². The average molecular weight is 304 g/mol. The molecule has 22 heavy (non-hydrogen) atoms. The molecule has 0 aliphatic carbocycles. The fraction of sp³-hybridized carbons (Fsp3) is 0.500. The summed E-state index contributed by atoms with van der Waals surface area (Å²) in [5, 5.41) is 14.4. The summed E-state index contributed by atoms with van der Waals surface area (Å²) in [6, 6.07) is 6.44. The molecule has 2 atom stereocenters. The van der Waals surface area contributed by atoms with Gasteiger partial charge in [0.15, 0.2) is 0 Å². The fourth-order valence-electron chi connectivity index (χ4n) is 3.15. The van der Waals surface area contributed by atoms with Gasteiger partial charge >= 0.3 is 0 Å². The zero-order chi connectivity index (χ0) is 15.4. The van der Waals surface area contributed by atoms with E-state index in [9.17, 15) is 9.50 Å². The maximum absolute atomic E-state index is 13.7. The van der Waals surface area contributed by atoms with Gasteiger partial charge in [-0.15, -0.1) is 0 Å². The van der Waals surface area contributed by atoms with Crippen molar-refractivity contribution in [1.82, 2.24) is 19.7 Å². The molecule has 1 fully saturated rings. The topological polar surface area (TPSA) is 54.2 Å². The van der Waals surface area contributed by atoms with Crippen LogP contribution < -0.4 is 0 Å². The van der Waals surface area contributed by atoms with Crippen molar-refractivity contribution in [3.8, 4) is 0 Å². The van der Waals surface area contributed by atoms with Crippen molar-refractivity contribution in [3.63, 3.8) is 0 Å². The fourth-order valence-corrected chi connectivity index (χ4v) is 3.15. The third kappa shape index (κ3) is 3.69. The Morgan fingerprint density at radius 3 is 3.00 bits per heavy atom. The standard InChI is InChI=1S/C16H21FN4O/c17-15-6-2-1-5-14(15)16(22)10-20-7-3-4-13(8-20)9-21-12-18-11-19-21/h1-2,5-6,11-13,16,22H,3-4,7-10H2/t13-,16-/m0/s1. The van der Waals surface area contributed by atoms with E-state index in [4.69, 9.17) is 0 Å². The predicted octanol–water partition coefficient (Wildman–Crippen LogP) is 1.86. The van der Waals surface area contributed by atoms with Gasteiger partial charge in [-0.2, -0.15) is 5.10 Å². The van der Waals surface area contributed by atoms with Crippen molar-refractivity contribution >= 4 is 0 Å². The number of piperidine rings is 1. The van der Waals surface area contributed by atoms with E-state index in [-0.39, 0.29) is 5.82 Å². The quantitative estimate of drug-likeness (QED) is 0.916. The minimum Gasteiger partial charge on any atom is -0.387 e. The van der Waals surface area contributed by atoms with Crippen molar-refractivity contribution in [2.24, 2.45) is 5.92 Å². The van der Waals surface area contributed by atoms with Gasteiger partial charge < -0.3 is 10.0 Å². The third-order valence-electron chi connectivity index (χ3n) is 4.21. The van der Waals surface area contributed by atoms with E-state index >= 15 is 0 Å². The lowest BCUT2D eigenvalue weighted by molar-refractivity contribution is 0.0780. The smallest absolute Gasteiger partial charge is 0.137 e. The zero-order valence-electron chi connectivity index (χ0n) is 12.5. The van der Waals surface area contributed by atoms with Gasteiger partial charge in [-0.3, -0.25) is 4.68 Å². The van der Waals surface area contributed by atoms with E-state index in [1.807, 2.05) is 4.68 Å². The van der Waals surface area contributed by atoms with Gasteiger partial charge in [0, 0.05) is 25.2 Å². The van der Waals surface area contributed by atoms with Crippen LogP contribution in [0.15, 0.2) is 36.9 Å². The van der Waals surface area contributed by atoms with E-state index < -0.39 is 6.10 Å². The Labute approximate surface area is 129 Å². The lowest BCUT2D eigenvalue weighted by atomic mass is 9.97. The molecule has 2 aromatic rings. The number of aliphatic hydroxyl groups excluding tert-OH is 1. The third-order valence-corrected chi connectivity index (χ3v) is 4.21. The lowest BCUT2D eigenvalue weighted by Crippen LogP contribution is -2.39. The molecule has 1 aromatic heterocycles. The number of likely N-dealkylation sites (tertiary alicyclic amines) is 1. The van der Waals surface area contributed by atoms with Crippen LogP contribution in [0.2, 0.25) is 0 Å². The Morgan fingerprint density at radius 1 is 1.36 bits per heavy atom. The largest absolute Gasteiger partial charge is 0.387 e. The highest BCUT2D eigenvalue weighted by atomic mass is 19.1. The number of β-amino-alcohol motifs (C(OH)–C–C–N with tert-alkyl or cyclic N) is 1. The Balaban J connectivity index is 1.57. The molecular weight excluding hydrogens is 283 g/mol. The molecule has 0 radical (unpaired) electrons. The number of rotatable bonds is 5. The van der Waals surface area contributed by atoms with Gasteiger partial charge in [0.25, 0.3) is 0 Å². The van der Waals surface area contributed by atoms with Crippen molar-refractivity contribution in [3.05, 3.63) is 48.3 Å². The van der Waals surface area contributed by atoms with Gasteiger partial charge in [0.05, 0.1) is 6.10 Å². The van der Waals surface area contributed by atoms with Crippen molar-refractivity contribution in [1.29, 1.82) is 0 Å². The maximum Gasteiger partial charge on any atom is 0.137 e. The molecule has 6 heteroatoms. The van der Waals surface area contributed by atoms with Crippen LogP contribution in [-0.2, 0) is 6.54 Å². The van der Waals surface area contributed by atoms with Crippen LogP contribution in [0.3, 0.4) is 0 Å². The second-order valence-corrected chi connectivity index (χ2v) is 5.92. The van der Waals surface area contributed by atoms with E-state index in [0.29, 0.717) is 18.0 Å². The molecule has 118 valence electrons. The molecule has 0 unspecified atom stereocenters. The van der Waals surface area contributed by atoms with E-state index in [0.717, 1.165) is 32.5 Å². The average Bonchev–Trinajstić information content (AvgIpc) is 3.01. The molecule has 0 bridgehead atoms. The first-order valence-electron chi connectivity index (χ1n) is 7.69. The molecule has 1 saturated heterocycles. The molecule has 0 saturated carbocycles. The highest BCUT2D eigenvalue weighted by Gasteiger charge is 2.23. The second-order valence-electron chi connectivity index (χ2n) is 5.92. The molecule has 1 aliphatic rings. The van der Waals surface area contributed by atoms with Crippen LogP contribution in [0.4, 0.5) is 4.39 Å². The van der Waals surface area contributed by atoms with Gasteiger partial charge in [0.1, 0.15) is 18.5 Å². The Morgan fingerprint density at radius 2 is 2.23 bits per heavy atom. The van der Waals surface area contributed by atoms with Crippen LogP contribution in [0.5, 0.6) is 0 Å². The Kier molecular flexibility index (Phi) is 4.80. The van der Waals surface area contributed by atoms with E-state index in [1.54, 1.807) is 30.9 Å². The van der Waals surface area contributed by atoms with Gasteiger partial charge in [0.2, 0.25) is 0 Å². The number of aromatic nitrogens is 3. The first-order valence-corrected chi connectivity index (χ1v) is 7.69. The number of nitrogens with zero attached hydrogens (tertiary/aromatic N) is 4. The van der Waals surface area contributed by atoms with Gasteiger partial charge in [-0.05, 0) is 31.4 Å². The molecule has 5 nitrogen and oxygen atoms in total. The SMILES string of the molecule is O[C@@H](CN1CCC[C@H](Cn2cncn2)C1)c1ccccc1F. The summed E-state index contributed by atoms with van der Waals surface area (Å²) >= 11 is 0. The monoisotopic (exact) mass is 304 g/mol. The summed E-state index contributed by atoms with van der Waals surface area (Å²) in [7, 11) is 0. The van der Waals surface area contributed by atoms with Crippen molar-refractivity contribution in [2.75, 3.05) is 19.6 Å². The lowest BCUT2D eigenvalue weighted by Gasteiger charge is -2.33.